The second kappa shape index (κ2) is 8.24. The average molecular weight is 423 g/mol. The summed E-state index contributed by atoms with van der Waals surface area (Å²) < 4.78 is 30.3. The van der Waals surface area contributed by atoms with Gasteiger partial charge in [0.25, 0.3) is 0 Å². The molecule has 0 saturated carbocycles. The smallest absolute Gasteiger partial charge is 0.238 e. The van der Waals surface area contributed by atoms with Crippen molar-refractivity contribution < 1.29 is 12.8 Å². The van der Waals surface area contributed by atoms with E-state index in [1.54, 1.807) is 30.0 Å². The van der Waals surface area contributed by atoms with Crippen LogP contribution in [0.1, 0.15) is 5.89 Å². The van der Waals surface area contributed by atoms with E-state index in [9.17, 15) is 8.42 Å². The van der Waals surface area contributed by atoms with E-state index < -0.39 is 10.0 Å². The number of sulfonamides is 1. The van der Waals surface area contributed by atoms with Crippen LogP contribution < -0.4 is 5.14 Å². The molecule has 0 amide bonds. The van der Waals surface area contributed by atoms with E-state index in [4.69, 9.17) is 9.56 Å². The summed E-state index contributed by atoms with van der Waals surface area (Å²) in [7, 11) is -3.92. The van der Waals surface area contributed by atoms with Gasteiger partial charge in [0.15, 0.2) is 5.76 Å². The Morgan fingerprint density at radius 3 is 2.17 bits per heavy atom. The van der Waals surface area contributed by atoms with Crippen molar-refractivity contribution in [2.24, 2.45) is 5.14 Å². The lowest BCUT2D eigenvalue weighted by atomic mass is 10.1. The normalized spacial score (nSPS) is 11.5. The third-order valence-corrected chi connectivity index (χ3v) is 6.23. The third kappa shape index (κ3) is 4.42. The number of thioether (sulfide) groups is 1. The fourth-order valence-corrected chi connectivity index (χ4v) is 4.46. The Labute approximate surface area is 173 Å². The molecule has 1 heterocycles. The molecule has 0 bridgehead atoms. The van der Waals surface area contributed by atoms with Crippen LogP contribution in [0, 0.1) is 0 Å². The Morgan fingerprint density at radius 1 is 0.862 bits per heavy atom. The van der Waals surface area contributed by atoms with E-state index in [1.807, 2.05) is 60.7 Å². The molecule has 7 heteroatoms. The first-order chi connectivity index (χ1) is 14.0. The van der Waals surface area contributed by atoms with Gasteiger partial charge in [-0.1, -0.05) is 60.7 Å². The first-order valence-corrected chi connectivity index (χ1v) is 11.4. The summed E-state index contributed by atoms with van der Waals surface area (Å²) in [4.78, 5) is 5.78. The first-order valence-electron chi connectivity index (χ1n) is 8.87. The number of hydrogen-bond acceptors (Lipinski definition) is 5. The fraction of sp³-hybridized carbons (Fsp3) is 0.0455. The summed E-state index contributed by atoms with van der Waals surface area (Å²) in [5, 5.41) is 5.43. The number of aromatic nitrogens is 1. The molecule has 0 atom stereocenters. The lowest BCUT2D eigenvalue weighted by Crippen LogP contribution is -2.13. The zero-order valence-electron chi connectivity index (χ0n) is 15.4. The van der Waals surface area contributed by atoms with Crippen LogP contribution in [0.5, 0.6) is 0 Å². The molecule has 0 aliphatic rings. The van der Waals surface area contributed by atoms with Crippen molar-refractivity contribution in [3.05, 3.63) is 90.8 Å². The molecule has 0 aliphatic carbocycles. The standard InChI is InChI=1S/C22H18N2O3S2/c23-29(25,26)19-14-8-7-13-18(19)22-21(16-9-3-1-4-10-16)24-20(27-22)15-28-17-11-5-2-6-12-17/h1-14H,15H2,(H2,23,25,26). The zero-order chi connectivity index (χ0) is 20.3. The maximum Gasteiger partial charge on any atom is 0.238 e. The van der Waals surface area contributed by atoms with E-state index in [-0.39, 0.29) is 4.90 Å². The Bertz CT molecular complexity index is 1220. The minimum absolute atomic E-state index is 0.00981. The van der Waals surface area contributed by atoms with Crippen LogP contribution in [0.15, 0.2) is 99.1 Å². The van der Waals surface area contributed by atoms with Gasteiger partial charge in [0.2, 0.25) is 15.9 Å². The van der Waals surface area contributed by atoms with Gasteiger partial charge in [0, 0.05) is 16.0 Å². The molecule has 0 spiro atoms. The fourth-order valence-electron chi connectivity index (χ4n) is 2.96. The quantitative estimate of drug-likeness (QED) is 0.444. The highest BCUT2D eigenvalue weighted by atomic mass is 32.2. The van der Waals surface area contributed by atoms with E-state index >= 15 is 0 Å². The van der Waals surface area contributed by atoms with Gasteiger partial charge in [-0.15, -0.1) is 11.8 Å². The largest absolute Gasteiger partial charge is 0.439 e. The Kier molecular flexibility index (Phi) is 5.53. The molecular formula is C22H18N2O3S2. The minimum Gasteiger partial charge on any atom is -0.439 e. The molecule has 0 unspecified atom stereocenters. The average Bonchev–Trinajstić information content (AvgIpc) is 3.17. The van der Waals surface area contributed by atoms with Gasteiger partial charge in [-0.2, -0.15) is 0 Å². The highest BCUT2D eigenvalue weighted by molar-refractivity contribution is 7.98. The van der Waals surface area contributed by atoms with E-state index in [1.165, 1.54) is 6.07 Å². The summed E-state index contributed by atoms with van der Waals surface area (Å²) in [6.07, 6.45) is 0. The lowest BCUT2D eigenvalue weighted by molar-refractivity contribution is 0.528. The second-order valence-electron chi connectivity index (χ2n) is 6.29. The van der Waals surface area contributed by atoms with Crippen LogP contribution in [0.3, 0.4) is 0 Å². The molecule has 4 aromatic rings. The Morgan fingerprint density at radius 2 is 1.48 bits per heavy atom. The predicted octanol–water partition coefficient (Wildman–Crippen LogP) is 4.95. The van der Waals surface area contributed by atoms with Crippen molar-refractivity contribution in [1.29, 1.82) is 0 Å². The SMILES string of the molecule is NS(=O)(=O)c1ccccc1-c1oc(CSc2ccccc2)nc1-c1ccccc1. The van der Waals surface area contributed by atoms with Crippen LogP contribution >= 0.6 is 11.8 Å². The summed E-state index contributed by atoms with van der Waals surface area (Å²) >= 11 is 1.60. The minimum atomic E-state index is -3.92. The second-order valence-corrected chi connectivity index (χ2v) is 8.87. The van der Waals surface area contributed by atoms with Crippen LogP contribution in [-0.2, 0) is 15.8 Å². The molecule has 3 aromatic carbocycles. The van der Waals surface area contributed by atoms with Crippen molar-refractivity contribution in [3.63, 3.8) is 0 Å². The van der Waals surface area contributed by atoms with Crippen LogP contribution in [-0.4, -0.2) is 13.4 Å². The van der Waals surface area contributed by atoms with Gasteiger partial charge < -0.3 is 4.42 Å². The van der Waals surface area contributed by atoms with Crippen LogP contribution in [0.2, 0.25) is 0 Å². The topological polar surface area (TPSA) is 86.2 Å². The highest BCUT2D eigenvalue weighted by Crippen LogP contribution is 2.37. The van der Waals surface area contributed by atoms with Gasteiger partial charge in [-0.3, -0.25) is 0 Å². The van der Waals surface area contributed by atoms with Gasteiger partial charge >= 0.3 is 0 Å². The van der Waals surface area contributed by atoms with Gasteiger partial charge in [0.1, 0.15) is 5.69 Å². The number of benzene rings is 3. The molecule has 0 radical (unpaired) electrons. The Balaban J connectivity index is 1.80. The Hall–Kier alpha value is -2.87. The van der Waals surface area contributed by atoms with E-state index in [0.717, 1.165) is 10.5 Å². The number of nitrogens with two attached hydrogens (primary N) is 1. The molecule has 146 valence electrons. The van der Waals surface area contributed by atoms with E-state index in [0.29, 0.717) is 28.7 Å². The zero-order valence-corrected chi connectivity index (χ0v) is 17.0. The maximum absolute atomic E-state index is 12.1. The van der Waals surface area contributed by atoms with Crippen molar-refractivity contribution in [3.8, 4) is 22.6 Å². The van der Waals surface area contributed by atoms with Crippen LogP contribution in [0.4, 0.5) is 0 Å². The molecular weight excluding hydrogens is 404 g/mol. The molecule has 5 nitrogen and oxygen atoms in total. The lowest BCUT2D eigenvalue weighted by Gasteiger charge is -2.06. The first kappa shape index (κ1) is 19.4. The monoisotopic (exact) mass is 422 g/mol. The number of rotatable bonds is 6. The molecule has 0 aliphatic heterocycles. The predicted molar refractivity (Wildman–Crippen MR) is 115 cm³/mol. The summed E-state index contributed by atoms with van der Waals surface area (Å²) in [6, 6.07) is 26.0. The number of nitrogens with zero attached hydrogens (tertiary/aromatic N) is 1. The third-order valence-electron chi connectivity index (χ3n) is 4.26. The van der Waals surface area contributed by atoms with Gasteiger partial charge in [-0.25, -0.2) is 18.5 Å². The van der Waals surface area contributed by atoms with Gasteiger partial charge in [0.05, 0.1) is 10.6 Å². The van der Waals surface area contributed by atoms with E-state index in [2.05, 4.69) is 4.98 Å². The van der Waals surface area contributed by atoms with Crippen molar-refractivity contribution in [2.75, 3.05) is 0 Å². The highest BCUT2D eigenvalue weighted by Gasteiger charge is 2.23. The maximum atomic E-state index is 12.1. The molecule has 2 N–H and O–H groups in total. The van der Waals surface area contributed by atoms with Crippen molar-refractivity contribution >= 4 is 21.8 Å². The molecule has 29 heavy (non-hydrogen) atoms. The molecule has 1 aromatic heterocycles. The number of hydrogen-bond donors (Lipinski definition) is 1. The molecule has 0 saturated heterocycles. The summed E-state index contributed by atoms with van der Waals surface area (Å²) in [6.45, 7) is 0. The molecule has 0 fully saturated rings. The number of primary sulfonamides is 1. The number of oxazole rings is 1. The van der Waals surface area contributed by atoms with Crippen molar-refractivity contribution in [1.82, 2.24) is 4.98 Å². The van der Waals surface area contributed by atoms with Gasteiger partial charge in [-0.05, 0) is 24.3 Å². The summed E-state index contributed by atoms with van der Waals surface area (Å²) in [5.74, 6) is 1.42. The molecule has 4 rings (SSSR count). The van der Waals surface area contributed by atoms with Crippen LogP contribution in [0.25, 0.3) is 22.6 Å². The van der Waals surface area contributed by atoms with Crippen molar-refractivity contribution in [2.45, 2.75) is 15.5 Å². The summed E-state index contributed by atoms with van der Waals surface area (Å²) in [5.41, 5.74) is 1.83.